The van der Waals surface area contributed by atoms with E-state index in [9.17, 15) is 9.00 Å². The Morgan fingerprint density at radius 2 is 1.90 bits per heavy atom. The standard InChI is InChI=1S/C13H9Cl3O2S2/c1-7(13(17)10-4-5-12(16)19-10)20(18)11-6-8(14)2-3-9(11)15/h2-7H,1H3. The lowest BCUT2D eigenvalue weighted by Crippen LogP contribution is -2.22. The topological polar surface area (TPSA) is 34.1 Å². The van der Waals surface area contributed by atoms with Gasteiger partial charge in [0.2, 0.25) is 0 Å². The van der Waals surface area contributed by atoms with Crippen molar-refractivity contribution < 1.29 is 9.00 Å². The van der Waals surface area contributed by atoms with Crippen LogP contribution in [-0.4, -0.2) is 15.2 Å². The highest BCUT2D eigenvalue weighted by Gasteiger charge is 2.25. The summed E-state index contributed by atoms with van der Waals surface area (Å²) in [6.07, 6.45) is 0. The van der Waals surface area contributed by atoms with Gasteiger partial charge in [-0.15, -0.1) is 11.3 Å². The van der Waals surface area contributed by atoms with Crippen LogP contribution in [0.5, 0.6) is 0 Å². The van der Waals surface area contributed by atoms with Gasteiger partial charge in [-0.05, 0) is 37.3 Å². The largest absolute Gasteiger partial charge is 0.292 e. The fourth-order valence-corrected chi connectivity index (χ4v) is 4.50. The van der Waals surface area contributed by atoms with Gasteiger partial charge in [0.05, 0.1) is 29.9 Å². The minimum absolute atomic E-state index is 0.226. The lowest BCUT2D eigenvalue weighted by Gasteiger charge is -2.11. The molecule has 1 heterocycles. The Bertz CT molecular complexity index is 682. The molecular weight excluding hydrogens is 359 g/mol. The molecule has 2 nitrogen and oxygen atoms in total. The third kappa shape index (κ3) is 3.43. The molecule has 0 fully saturated rings. The minimum Gasteiger partial charge on any atom is -0.292 e. The zero-order chi connectivity index (χ0) is 14.9. The number of hydrogen-bond donors (Lipinski definition) is 0. The lowest BCUT2D eigenvalue weighted by molar-refractivity contribution is 0.0996. The first-order chi connectivity index (χ1) is 9.40. The van der Waals surface area contributed by atoms with Gasteiger partial charge < -0.3 is 0 Å². The van der Waals surface area contributed by atoms with Gasteiger partial charge in [-0.1, -0.05) is 34.8 Å². The van der Waals surface area contributed by atoms with Crippen molar-refractivity contribution in [2.45, 2.75) is 17.1 Å². The van der Waals surface area contributed by atoms with Crippen LogP contribution >= 0.6 is 46.1 Å². The Hall–Kier alpha value is -0.390. The number of ketones is 1. The molecule has 106 valence electrons. The number of Topliss-reactive ketones (excluding diaryl/α,β-unsaturated/α-hetero) is 1. The van der Waals surface area contributed by atoms with E-state index in [0.29, 0.717) is 24.2 Å². The quantitative estimate of drug-likeness (QED) is 0.706. The third-order valence-corrected chi connectivity index (χ3v) is 6.17. The van der Waals surface area contributed by atoms with Crippen molar-refractivity contribution in [3.63, 3.8) is 0 Å². The lowest BCUT2D eigenvalue weighted by atomic mass is 10.2. The van der Waals surface area contributed by atoms with Crippen molar-refractivity contribution in [3.8, 4) is 0 Å². The van der Waals surface area contributed by atoms with Crippen molar-refractivity contribution in [3.05, 3.63) is 49.6 Å². The Morgan fingerprint density at radius 1 is 1.20 bits per heavy atom. The van der Waals surface area contributed by atoms with Gasteiger partial charge >= 0.3 is 0 Å². The van der Waals surface area contributed by atoms with Gasteiger partial charge in [0.1, 0.15) is 5.25 Å². The Kier molecular flexibility index (Phi) is 5.26. The highest BCUT2D eigenvalue weighted by atomic mass is 35.5. The van der Waals surface area contributed by atoms with E-state index in [1.807, 2.05) is 0 Å². The smallest absolute Gasteiger partial charge is 0.188 e. The van der Waals surface area contributed by atoms with E-state index < -0.39 is 16.0 Å². The van der Waals surface area contributed by atoms with Crippen molar-refractivity contribution in [1.82, 2.24) is 0 Å². The zero-order valence-corrected chi connectivity index (χ0v) is 14.1. The fourth-order valence-electron chi connectivity index (χ4n) is 1.57. The predicted octanol–water partition coefficient (Wildman–Crippen LogP) is 5.09. The van der Waals surface area contributed by atoms with E-state index in [4.69, 9.17) is 34.8 Å². The maximum Gasteiger partial charge on any atom is 0.188 e. The summed E-state index contributed by atoms with van der Waals surface area (Å²) < 4.78 is 13.0. The summed E-state index contributed by atoms with van der Waals surface area (Å²) in [6.45, 7) is 1.60. The molecule has 1 aromatic heterocycles. The van der Waals surface area contributed by atoms with E-state index in [1.54, 1.807) is 31.2 Å². The molecule has 20 heavy (non-hydrogen) atoms. The molecule has 1 aromatic carbocycles. The van der Waals surface area contributed by atoms with Gasteiger partial charge in [0.25, 0.3) is 0 Å². The number of rotatable bonds is 4. The van der Waals surface area contributed by atoms with Crippen molar-refractivity contribution in [1.29, 1.82) is 0 Å². The van der Waals surface area contributed by atoms with Crippen molar-refractivity contribution >= 4 is 62.7 Å². The minimum atomic E-state index is -1.57. The second kappa shape index (κ2) is 6.58. The molecule has 0 aliphatic heterocycles. The Labute approximate surface area is 138 Å². The summed E-state index contributed by atoms with van der Waals surface area (Å²) in [4.78, 5) is 13.1. The van der Waals surface area contributed by atoms with Crippen LogP contribution in [-0.2, 0) is 10.8 Å². The van der Waals surface area contributed by atoms with Crippen molar-refractivity contribution in [2.24, 2.45) is 0 Å². The molecule has 2 rings (SSSR count). The third-order valence-electron chi connectivity index (χ3n) is 2.62. The molecule has 0 saturated heterocycles. The summed E-state index contributed by atoms with van der Waals surface area (Å²) in [7, 11) is -1.57. The van der Waals surface area contributed by atoms with Gasteiger partial charge in [-0.2, -0.15) is 0 Å². The molecule has 0 amide bonds. The van der Waals surface area contributed by atoms with E-state index in [0.717, 1.165) is 0 Å². The summed E-state index contributed by atoms with van der Waals surface area (Å²) >= 11 is 18.9. The second-order valence-corrected chi connectivity index (χ2v) is 8.28. The zero-order valence-electron chi connectivity index (χ0n) is 10.2. The highest BCUT2D eigenvalue weighted by Crippen LogP contribution is 2.28. The number of carbonyl (C=O) groups is 1. The summed E-state index contributed by atoms with van der Waals surface area (Å²) in [5, 5.41) is 0.0360. The van der Waals surface area contributed by atoms with Gasteiger partial charge in [0.15, 0.2) is 5.78 Å². The summed E-state index contributed by atoms with van der Waals surface area (Å²) in [6, 6.07) is 7.96. The molecule has 0 aliphatic rings. The van der Waals surface area contributed by atoms with Crippen LogP contribution in [0.15, 0.2) is 35.2 Å². The number of carbonyl (C=O) groups excluding carboxylic acids is 1. The first-order valence-electron chi connectivity index (χ1n) is 5.55. The SMILES string of the molecule is CC(C(=O)c1ccc(Cl)s1)S(=O)c1cc(Cl)ccc1Cl. The number of hydrogen-bond acceptors (Lipinski definition) is 3. The molecule has 0 saturated carbocycles. The van der Waals surface area contributed by atoms with Crippen LogP contribution in [0.25, 0.3) is 0 Å². The van der Waals surface area contributed by atoms with Gasteiger partial charge in [-0.3, -0.25) is 9.00 Å². The first kappa shape index (κ1) is 16.0. The summed E-state index contributed by atoms with van der Waals surface area (Å²) in [5.74, 6) is -0.226. The average Bonchev–Trinajstić information content (AvgIpc) is 2.85. The monoisotopic (exact) mass is 366 g/mol. The van der Waals surface area contributed by atoms with Gasteiger partial charge in [0, 0.05) is 5.02 Å². The maximum absolute atomic E-state index is 12.5. The van der Waals surface area contributed by atoms with E-state index in [2.05, 4.69) is 0 Å². The molecule has 2 unspecified atom stereocenters. The van der Waals surface area contributed by atoms with Crippen LogP contribution in [0.2, 0.25) is 14.4 Å². The Morgan fingerprint density at radius 3 is 2.50 bits per heavy atom. The molecular formula is C13H9Cl3O2S2. The molecule has 0 aliphatic carbocycles. The van der Waals surface area contributed by atoms with Crippen LogP contribution in [0.1, 0.15) is 16.6 Å². The molecule has 7 heteroatoms. The molecule has 0 N–H and O–H groups in total. The maximum atomic E-state index is 12.5. The van der Waals surface area contributed by atoms with Crippen LogP contribution in [0.4, 0.5) is 0 Å². The van der Waals surface area contributed by atoms with Crippen LogP contribution in [0, 0.1) is 0 Å². The molecule has 0 radical (unpaired) electrons. The normalized spacial score (nSPS) is 14.0. The number of thiophene rings is 1. The van der Waals surface area contributed by atoms with Gasteiger partial charge in [-0.25, -0.2) is 0 Å². The summed E-state index contributed by atoms with van der Waals surface area (Å²) in [5.41, 5.74) is 0. The number of halogens is 3. The second-order valence-electron chi connectivity index (χ2n) is 3.98. The fraction of sp³-hybridized carbons (Fsp3) is 0.154. The van der Waals surface area contributed by atoms with Crippen molar-refractivity contribution in [2.75, 3.05) is 0 Å². The van der Waals surface area contributed by atoms with E-state index in [-0.39, 0.29) is 5.78 Å². The Balaban J connectivity index is 2.28. The molecule has 2 aromatic rings. The highest BCUT2D eigenvalue weighted by molar-refractivity contribution is 7.86. The van der Waals surface area contributed by atoms with Crippen LogP contribution in [0.3, 0.4) is 0 Å². The molecule has 2 atom stereocenters. The van der Waals surface area contributed by atoms with E-state index >= 15 is 0 Å². The molecule has 0 spiro atoms. The average molecular weight is 368 g/mol. The first-order valence-corrected chi connectivity index (χ1v) is 8.71. The molecule has 0 bridgehead atoms. The van der Waals surface area contributed by atoms with E-state index in [1.165, 1.54) is 17.4 Å². The van der Waals surface area contributed by atoms with Crippen LogP contribution < -0.4 is 0 Å². The number of benzene rings is 1. The predicted molar refractivity (Wildman–Crippen MR) is 86.0 cm³/mol.